The van der Waals surface area contributed by atoms with Crippen molar-refractivity contribution in [2.45, 2.75) is 37.7 Å². The second-order valence-corrected chi connectivity index (χ2v) is 9.06. The van der Waals surface area contributed by atoms with Crippen LogP contribution in [0.1, 0.15) is 45.5 Å². The molecule has 3 rings (SSSR count). The molecule has 0 aliphatic carbocycles. The van der Waals surface area contributed by atoms with Gasteiger partial charge in [-0.3, -0.25) is 4.79 Å². The molecule has 0 aliphatic heterocycles. The van der Waals surface area contributed by atoms with Gasteiger partial charge in [0, 0.05) is 47.6 Å². The van der Waals surface area contributed by atoms with Crippen LogP contribution in [0.4, 0.5) is 26.3 Å². The Morgan fingerprint density at radius 1 is 1.13 bits per heavy atom. The maximum Gasteiger partial charge on any atom is 0.422 e. The SMILES string of the molecule is COC(=O)c1cnc(Oc2ccc([C@H](C)[C@](O)(c3cc(C)c(=O)n(C)c3)C(F)(F)F)c(Cl)c2)cc1C(F)(F)F. The first kappa shape index (κ1) is 30.0. The summed E-state index contributed by atoms with van der Waals surface area (Å²) in [5.74, 6) is -3.74. The highest BCUT2D eigenvalue weighted by atomic mass is 35.5. The summed E-state index contributed by atoms with van der Waals surface area (Å²) in [7, 11) is 2.15. The number of aliphatic hydroxyl groups is 1. The molecule has 0 fully saturated rings. The predicted molar refractivity (Wildman–Crippen MR) is 127 cm³/mol. The van der Waals surface area contributed by atoms with Gasteiger partial charge in [-0.25, -0.2) is 9.78 Å². The van der Waals surface area contributed by atoms with Crippen molar-refractivity contribution >= 4 is 17.6 Å². The highest BCUT2D eigenvalue weighted by Crippen LogP contribution is 2.50. The molecule has 2 aromatic heterocycles. The molecule has 0 amide bonds. The molecule has 0 spiro atoms. The molecule has 210 valence electrons. The molecule has 0 saturated carbocycles. The van der Waals surface area contributed by atoms with Crippen LogP contribution >= 0.6 is 11.6 Å². The van der Waals surface area contributed by atoms with E-state index in [2.05, 4.69) is 9.72 Å². The topological polar surface area (TPSA) is 90.7 Å². The maximum atomic E-state index is 14.3. The maximum absolute atomic E-state index is 14.3. The Balaban J connectivity index is 2.02. The van der Waals surface area contributed by atoms with E-state index in [9.17, 15) is 41.0 Å². The molecule has 0 saturated heterocycles. The zero-order valence-electron chi connectivity index (χ0n) is 20.7. The number of halogens is 7. The number of hydrogen-bond acceptors (Lipinski definition) is 6. The van der Waals surface area contributed by atoms with Gasteiger partial charge in [0.05, 0.1) is 18.2 Å². The summed E-state index contributed by atoms with van der Waals surface area (Å²) in [5.41, 5.74) is -7.02. The van der Waals surface area contributed by atoms with Gasteiger partial charge in [0.2, 0.25) is 5.88 Å². The number of aromatic nitrogens is 2. The zero-order valence-corrected chi connectivity index (χ0v) is 21.5. The largest absolute Gasteiger partial charge is 0.465 e. The van der Waals surface area contributed by atoms with Crippen molar-refractivity contribution in [3.05, 3.63) is 85.9 Å². The summed E-state index contributed by atoms with van der Waals surface area (Å²) in [6.45, 7) is 2.39. The number of rotatable bonds is 6. The van der Waals surface area contributed by atoms with Crippen LogP contribution in [-0.4, -0.2) is 33.9 Å². The smallest absolute Gasteiger partial charge is 0.422 e. The van der Waals surface area contributed by atoms with Crippen molar-refractivity contribution in [1.29, 1.82) is 0 Å². The number of hydrogen-bond donors (Lipinski definition) is 1. The summed E-state index contributed by atoms with van der Waals surface area (Å²) in [6, 6.07) is 4.69. The normalized spacial score (nSPS) is 14.5. The lowest BCUT2D eigenvalue weighted by molar-refractivity contribution is -0.274. The first-order chi connectivity index (χ1) is 17.9. The van der Waals surface area contributed by atoms with E-state index in [1.807, 2.05) is 0 Å². The van der Waals surface area contributed by atoms with Crippen LogP contribution < -0.4 is 10.3 Å². The average Bonchev–Trinajstić information content (AvgIpc) is 2.84. The number of esters is 1. The number of ether oxygens (including phenoxy) is 2. The first-order valence-corrected chi connectivity index (χ1v) is 11.4. The minimum atomic E-state index is -5.20. The quantitative estimate of drug-likeness (QED) is 0.290. The van der Waals surface area contributed by atoms with E-state index in [-0.39, 0.29) is 21.9 Å². The van der Waals surface area contributed by atoms with Crippen LogP contribution in [0, 0.1) is 6.92 Å². The van der Waals surface area contributed by atoms with Crippen molar-refractivity contribution in [3.63, 3.8) is 0 Å². The van der Waals surface area contributed by atoms with Crippen molar-refractivity contribution < 1.29 is 45.7 Å². The molecule has 2 atom stereocenters. The van der Waals surface area contributed by atoms with Crippen LogP contribution in [0.2, 0.25) is 5.02 Å². The molecule has 7 nitrogen and oxygen atoms in total. The van der Waals surface area contributed by atoms with Crippen LogP contribution in [-0.2, 0) is 23.6 Å². The lowest BCUT2D eigenvalue weighted by Crippen LogP contribution is -2.47. The number of carbonyl (C=O) groups excluding carboxylic acids is 1. The Labute approximate surface area is 222 Å². The molecule has 2 heterocycles. The third kappa shape index (κ3) is 5.74. The second kappa shape index (κ2) is 10.5. The van der Waals surface area contributed by atoms with Crippen LogP contribution in [0.15, 0.2) is 47.5 Å². The van der Waals surface area contributed by atoms with Gasteiger partial charge in [-0.2, -0.15) is 26.3 Å². The number of aryl methyl sites for hydroxylation is 2. The summed E-state index contributed by atoms with van der Waals surface area (Å²) in [6.07, 6.45) is -8.66. The molecule has 0 radical (unpaired) electrons. The first-order valence-electron chi connectivity index (χ1n) is 11.0. The Bertz CT molecular complexity index is 1440. The Kier molecular flexibility index (Phi) is 8.09. The van der Waals surface area contributed by atoms with Crippen LogP contribution in [0.5, 0.6) is 11.6 Å². The van der Waals surface area contributed by atoms with Gasteiger partial charge in [-0.15, -0.1) is 0 Å². The minimum Gasteiger partial charge on any atom is -0.465 e. The van der Waals surface area contributed by atoms with Gasteiger partial charge in [0.1, 0.15) is 5.75 Å². The number of carbonyl (C=O) groups is 1. The predicted octanol–water partition coefficient (Wildman–Crippen LogP) is 5.89. The second-order valence-electron chi connectivity index (χ2n) is 8.66. The van der Waals surface area contributed by atoms with E-state index in [4.69, 9.17) is 16.3 Å². The number of pyridine rings is 2. The molecule has 14 heteroatoms. The van der Waals surface area contributed by atoms with Crippen molar-refractivity contribution in [1.82, 2.24) is 9.55 Å². The highest BCUT2D eigenvalue weighted by molar-refractivity contribution is 6.31. The number of methoxy groups -OCH3 is 1. The molecule has 0 unspecified atom stereocenters. The van der Waals surface area contributed by atoms with E-state index < -0.39 is 58.0 Å². The molecular weight excluding hydrogens is 558 g/mol. The van der Waals surface area contributed by atoms with E-state index in [1.165, 1.54) is 14.0 Å². The number of benzene rings is 1. The summed E-state index contributed by atoms with van der Waals surface area (Å²) in [5, 5.41) is 10.7. The van der Waals surface area contributed by atoms with Gasteiger partial charge >= 0.3 is 18.3 Å². The van der Waals surface area contributed by atoms with E-state index in [0.717, 1.165) is 49.1 Å². The molecule has 1 aromatic carbocycles. The molecule has 39 heavy (non-hydrogen) atoms. The third-order valence-electron chi connectivity index (χ3n) is 6.11. The standard InChI is InChI=1S/C25H21ClF6N2O5/c1-12-7-14(11-34(3)21(12)35)23(37,25(30,31)32)13(2)16-6-5-15(8-19(16)26)39-20-9-18(24(27,28)29)17(10-33-20)22(36)38-4/h5-11,13,37H,1-4H3/t13-,23-/m0/s1. The average molecular weight is 579 g/mol. The summed E-state index contributed by atoms with van der Waals surface area (Å²) >= 11 is 6.24. The Hall–Kier alpha value is -3.58. The fourth-order valence-electron chi connectivity index (χ4n) is 4.01. The van der Waals surface area contributed by atoms with Crippen molar-refractivity contribution in [2.24, 2.45) is 7.05 Å². The van der Waals surface area contributed by atoms with Crippen LogP contribution in [0.25, 0.3) is 0 Å². The minimum absolute atomic E-state index is 0.0244. The van der Waals surface area contributed by atoms with E-state index in [1.54, 1.807) is 0 Å². The van der Waals surface area contributed by atoms with E-state index in [0.29, 0.717) is 12.3 Å². The Morgan fingerprint density at radius 3 is 2.28 bits per heavy atom. The summed E-state index contributed by atoms with van der Waals surface area (Å²) in [4.78, 5) is 27.3. The van der Waals surface area contributed by atoms with Gasteiger partial charge in [-0.05, 0) is 30.7 Å². The molecule has 3 aromatic rings. The lowest BCUT2D eigenvalue weighted by atomic mass is 9.78. The summed E-state index contributed by atoms with van der Waals surface area (Å²) < 4.78 is 93.8. The van der Waals surface area contributed by atoms with Crippen LogP contribution in [0.3, 0.4) is 0 Å². The van der Waals surface area contributed by atoms with Gasteiger partial charge in [-0.1, -0.05) is 24.6 Å². The van der Waals surface area contributed by atoms with E-state index >= 15 is 0 Å². The highest BCUT2D eigenvalue weighted by Gasteiger charge is 2.59. The molecule has 1 N–H and O–H groups in total. The fraction of sp³-hybridized carbons (Fsp3) is 0.320. The third-order valence-corrected chi connectivity index (χ3v) is 6.44. The molecular formula is C25H21ClF6N2O5. The zero-order chi connectivity index (χ0) is 29.5. The van der Waals surface area contributed by atoms with Gasteiger partial charge < -0.3 is 19.1 Å². The number of nitrogens with zero attached hydrogens (tertiary/aromatic N) is 2. The van der Waals surface area contributed by atoms with Crippen molar-refractivity contribution in [2.75, 3.05) is 7.11 Å². The molecule has 0 bridgehead atoms. The monoisotopic (exact) mass is 578 g/mol. The Morgan fingerprint density at radius 2 is 1.77 bits per heavy atom. The van der Waals surface area contributed by atoms with Gasteiger partial charge in [0.15, 0.2) is 5.60 Å². The fourth-order valence-corrected chi connectivity index (χ4v) is 4.35. The van der Waals surface area contributed by atoms with Gasteiger partial charge in [0.25, 0.3) is 5.56 Å². The van der Waals surface area contributed by atoms with Crippen molar-refractivity contribution in [3.8, 4) is 11.6 Å². The lowest BCUT2D eigenvalue weighted by Gasteiger charge is -2.37. The molecule has 0 aliphatic rings. The number of alkyl halides is 6.